The number of ether oxygens (including phenoxy) is 5. The van der Waals surface area contributed by atoms with E-state index in [1.807, 2.05) is 0 Å². The summed E-state index contributed by atoms with van der Waals surface area (Å²) in [6.45, 7) is 7.45. The predicted molar refractivity (Wildman–Crippen MR) is 90.4 cm³/mol. The van der Waals surface area contributed by atoms with Gasteiger partial charge in [-0.3, -0.25) is 4.90 Å². The summed E-state index contributed by atoms with van der Waals surface area (Å²) in [5.74, 6) is 0. The molecule has 0 aromatic rings. The first-order chi connectivity index (χ1) is 11.8. The van der Waals surface area contributed by atoms with Crippen molar-refractivity contribution in [3.63, 3.8) is 0 Å². The third kappa shape index (κ3) is 18.0. The van der Waals surface area contributed by atoms with Gasteiger partial charge in [0.15, 0.2) is 0 Å². The Bertz CT molecular complexity index is 216. The fourth-order valence-electron chi connectivity index (χ4n) is 1.93. The number of methoxy groups -OCH3 is 1. The van der Waals surface area contributed by atoms with Crippen molar-refractivity contribution in [3.05, 3.63) is 0 Å². The van der Waals surface area contributed by atoms with E-state index in [-0.39, 0.29) is 13.2 Å². The summed E-state index contributed by atoms with van der Waals surface area (Å²) in [5.41, 5.74) is 0. The molecule has 0 saturated carbocycles. The van der Waals surface area contributed by atoms with Gasteiger partial charge in [0, 0.05) is 33.4 Å². The fourth-order valence-corrected chi connectivity index (χ4v) is 1.93. The van der Waals surface area contributed by atoms with Crippen molar-refractivity contribution >= 4 is 0 Å². The topological polar surface area (TPSA) is 89.9 Å². The first-order valence-corrected chi connectivity index (χ1v) is 8.59. The molecule has 0 bridgehead atoms. The maximum atomic E-state index is 8.59. The van der Waals surface area contributed by atoms with Crippen LogP contribution in [0.4, 0.5) is 0 Å². The lowest BCUT2D eigenvalue weighted by Crippen LogP contribution is -2.33. The standard InChI is InChI=1S/C16H35NO7/c1-20-8-2-3-17(4-9-21-13-15-23-11-6-18)5-10-22-14-16-24-12-7-19/h18-19H,2-16H2,1H3. The van der Waals surface area contributed by atoms with Crippen LogP contribution in [0, 0.1) is 0 Å². The van der Waals surface area contributed by atoms with Crippen LogP contribution >= 0.6 is 0 Å². The molecule has 0 aliphatic carbocycles. The van der Waals surface area contributed by atoms with Crippen molar-refractivity contribution in [1.29, 1.82) is 0 Å². The van der Waals surface area contributed by atoms with Crippen molar-refractivity contribution in [2.24, 2.45) is 0 Å². The first kappa shape index (κ1) is 23.7. The van der Waals surface area contributed by atoms with E-state index in [1.54, 1.807) is 7.11 Å². The van der Waals surface area contributed by atoms with Crippen LogP contribution in [0.5, 0.6) is 0 Å². The molecule has 0 atom stereocenters. The highest BCUT2D eigenvalue weighted by Crippen LogP contribution is 1.94. The SMILES string of the molecule is COCCCN(CCOCCOCCO)CCOCCOCCO. The molecule has 8 heteroatoms. The van der Waals surface area contributed by atoms with Gasteiger partial charge in [-0.25, -0.2) is 0 Å². The molecule has 0 rings (SSSR count). The lowest BCUT2D eigenvalue weighted by molar-refractivity contribution is 0.0138. The average molecular weight is 353 g/mol. The predicted octanol–water partition coefficient (Wildman–Crippen LogP) is -0.624. The lowest BCUT2D eigenvalue weighted by Gasteiger charge is -2.22. The van der Waals surface area contributed by atoms with Gasteiger partial charge in [-0.15, -0.1) is 0 Å². The first-order valence-electron chi connectivity index (χ1n) is 8.59. The van der Waals surface area contributed by atoms with E-state index in [0.29, 0.717) is 52.9 Å². The zero-order chi connectivity index (χ0) is 17.7. The highest BCUT2D eigenvalue weighted by atomic mass is 16.5. The molecule has 0 amide bonds. The average Bonchev–Trinajstić information content (AvgIpc) is 2.59. The molecule has 8 nitrogen and oxygen atoms in total. The molecule has 0 aromatic heterocycles. The van der Waals surface area contributed by atoms with E-state index in [4.69, 9.17) is 33.9 Å². The molecule has 0 aliphatic heterocycles. The Labute approximate surface area is 145 Å². The van der Waals surface area contributed by atoms with Gasteiger partial charge in [0.25, 0.3) is 0 Å². The third-order valence-corrected chi connectivity index (χ3v) is 3.14. The Morgan fingerprint density at radius 1 is 0.583 bits per heavy atom. The molecule has 0 saturated heterocycles. The molecule has 0 radical (unpaired) electrons. The fraction of sp³-hybridized carbons (Fsp3) is 1.00. The zero-order valence-electron chi connectivity index (χ0n) is 15.0. The van der Waals surface area contributed by atoms with Crippen molar-refractivity contribution in [3.8, 4) is 0 Å². The Kier molecular flexibility index (Phi) is 20.4. The summed E-state index contributed by atoms with van der Waals surface area (Å²) >= 11 is 0. The summed E-state index contributed by atoms with van der Waals surface area (Å²) < 4.78 is 26.4. The minimum atomic E-state index is 0.0400. The summed E-state index contributed by atoms with van der Waals surface area (Å²) in [4.78, 5) is 2.28. The van der Waals surface area contributed by atoms with Crippen LogP contribution in [-0.2, 0) is 23.7 Å². The zero-order valence-corrected chi connectivity index (χ0v) is 15.0. The van der Waals surface area contributed by atoms with Gasteiger partial charge in [-0.1, -0.05) is 0 Å². The van der Waals surface area contributed by atoms with Crippen LogP contribution in [0.15, 0.2) is 0 Å². The summed E-state index contributed by atoms with van der Waals surface area (Å²) in [5, 5.41) is 17.2. The molecule has 24 heavy (non-hydrogen) atoms. The maximum absolute atomic E-state index is 8.59. The molecular formula is C16H35NO7. The number of aliphatic hydroxyl groups is 2. The van der Waals surface area contributed by atoms with E-state index in [0.717, 1.165) is 32.7 Å². The van der Waals surface area contributed by atoms with Gasteiger partial charge >= 0.3 is 0 Å². The van der Waals surface area contributed by atoms with E-state index in [9.17, 15) is 0 Å². The highest BCUT2D eigenvalue weighted by molar-refractivity contribution is 4.57. The molecule has 0 heterocycles. The molecule has 0 aromatic carbocycles. The van der Waals surface area contributed by atoms with E-state index in [1.165, 1.54) is 0 Å². The van der Waals surface area contributed by atoms with Gasteiger partial charge in [0.05, 0.1) is 66.1 Å². The van der Waals surface area contributed by atoms with Crippen LogP contribution in [0.2, 0.25) is 0 Å². The Morgan fingerprint density at radius 2 is 1.04 bits per heavy atom. The second-order valence-electron chi connectivity index (χ2n) is 5.08. The molecule has 0 spiro atoms. The van der Waals surface area contributed by atoms with Crippen LogP contribution < -0.4 is 0 Å². The summed E-state index contributed by atoms with van der Waals surface area (Å²) in [6, 6.07) is 0. The van der Waals surface area contributed by atoms with Crippen LogP contribution in [0.25, 0.3) is 0 Å². The molecule has 0 aliphatic rings. The Balaban J connectivity index is 3.64. The van der Waals surface area contributed by atoms with Gasteiger partial charge in [-0.2, -0.15) is 0 Å². The summed E-state index contributed by atoms with van der Waals surface area (Å²) in [6.07, 6.45) is 0.968. The van der Waals surface area contributed by atoms with Crippen molar-refractivity contribution < 1.29 is 33.9 Å². The number of hydrogen-bond donors (Lipinski definition) is 2. The van der Waals surface area contributed by atoms with Gasteiger partial charge in [0.1, 0.15) is 0 Å². The van der Waals surface area contributed by atoms with Crippen LogP contribution in [-0.4, -0.2) is 115 Å². The van der Waals surface area contributed by atoms with Crippen LogP contribution in [0.1, 0.15) is 6.42 Å². The molecular weight excluding hydrogens is 318 g/mol. The van der Waals surface area contributed by atoms with Crippen LogP contribution in [0.3, 0.4) is 0 Å². The summed E-state index contributed by atoms with van der Waals surface area (Å²) in [7, 11) is 1.70. The molecule has 146 valence electrons. The lowest BCUT2D eigenvalue weighted by atomic mass is 10.4. The Morgan fingerprint density at radius 3 is 1.46 bits per heavy atom. The van der Waals surface area contributed by atoms with E-state index < -0.39 is 0 Å². The second-order valence-corrected chi connectivity index (χ2v) is 5.08. The smallest absolute Gasteiger partial charge is 0.0701 e. The minimum Gasteiger partial charge on any atom is -0.394 e. The number of aliphatic hydroxyl groups excluding tert-OH is 2. The molecule has 2 N–H and O–H groups in total. The largest absolute Gasteiger partial charge is 0.394 e. The van der Waals surface area contributed by atoms with Crippen molar-refractivity contribution in [2.75, 3.05) is 99.4 Å². The normalized spacial score (nSPS) is 11.5. The van der Waals surface area contributed by atoms with Gasteiger partial charge < -0.3 is 33.9 Å². The Hall–Kier alpha value is -0.320. The van der Waals surface area contributed by atoms with Crippen molar-refractivity contribution in [2.45, 2.75) is 6.42 Å². The highest BCUT2D eigenvalue weighted by Gasteiger charge is 2.05. The molecule has 0 unspecified atom stereocenters. The van der Waals surface area contributed by atoms with Gasteiger partial charge in [0.2, 0.25) is 0 Å². The number of hydrogen-bond acceptors (Lipinski definition) is 8. The maximum Gasteiger partial charge on any atom is 0.0701 e. The molecule has 0 fully saturated rings. The van der Waals surface area contributed by atoms with Gasteiger partial charge in [-0.05, 0) is 6.42 Å². The number of rotatable bonds is 20. The third-order valence-electron chi connectivity index (χ3n) is 3.14. The number of nitrogens with zero attached hydrogens (tertiary/aromatic N) is 1. The quantitative estimate of drug-likeness (QED) is 0.280. The minimum absolute atomic E-state index is 0.0400. The van der Waals surface area contributed by atoms with E-state index in [2.05, 4.69) is 4.90 Å². The van der Waals surface area contributed by atoms with Crippen molar-refractivity contribution in [1.82, 2.24) is 4.90 Å². The second kappa shape index (κ2) is 20.7. The monoisotopic (exact) mass is 353 g/mol. The van der Waals surface area contributed by atoms with E-state index >= 15 is 0 Å².